The molecule has 0 saturated heterocycles. The highest BCUT2D eigenvalue weighted by molar-refractivity contribution is 5.87. The predicted molar refractivity (Wildman–Crippen MR) is 135 cm³/mol. The zero-order chi connectivity index (χ0) is 22.2. The van der Waals surface area contributed by atoms with E-state index in [4.69, 9.17) is 4.98 Å². The molecule has 0 spiro atoms. The minimum absolute atomic E-state index is 0.385. The summed E-state index contributed by atoms with van der Waals surface area (Å²) in [4.78, 5) is 7.55. The van der Waals surface area contributed by atoms with Crippen LogP contribution in [0.5, 0.6) is 0 Å². The molecule has 0 aliphatic carbocycles. The fraction of sp³-hybridized carbons (Fsp3) is 0.483. The van der Waals surface area contributed by atoms with Crippen LogP contribution in [0.1, 0.15) is 90.2 Å². The quantitative estimate of drug-likeness (QED) is 0.386. The molecular formula is C29H40N2. The van der Waals surface area contributed by atoms with E-state index in [1.165, 1.54) is 48.9 Å². The summed E-state index contributed by atoms with van der Waals surface area (Å²) >= 11 is 0. The second-order valence-electron chi connectivity index (χ2n) is 8.77. The highest BCUT2D eigenvalue weighted by atomic mass is 15.2. The van der Waals surface area contributed by atoms with Gasteiger partial charge in [-0.2, -0.15) is 0 Å². The van der Waals surface area contributed by atoms with Crippen molar-refractivity contribution in [3.05, 3.63) is 76.5 Å². The van der Waals surface area contributed by atoms with Gasteiger partial charge in [0.25, 0.3) is 0 Å². The SMILES string of the molecule is CCCC1=C(CCC)C(CCC)N(c2ncccc2C)C(c2ccccc2)=C1CCC. The fourth-order valence-corrected chi connectivity index (χ4v) is 5.13. The fourth-order valence-electron chi connectivity index (χ4n) is 5.13. The van der Waals surface area contributed by atoms with Crippen molar-refractivity contribution >= 4 is 11.5 Å². The predicted octanol–water partition coefficient (Wildman–Crippen LogP) is 8.49. The number of hydrogen-bond acceptors (Lipinski definition) is 2. The molecule has 2 nitrogen and oxygen atoms in total. The van der Waals surface area contributed by atoms with Gasteiger partial charge in [0.1, 0.15) is 5.82 Å². The summed E-state index contributed by atoms with van der Waals surface area (Å²) in [5.74, 6) is 1.12. The first-order valence-electron chi connectivity index (χ1n) is 12.4. The van der Waals surface area contributed by atoms with Gasteiger partial charge in [0.05, 0.1) is 11.7 Å². The van der Waals surface area contributed by atoms with Gasteiger partial charge < -0.3 is 4.90 Å². The van der Waals surface area contributed by atoms with Crippen molar-refractivity contribution < 1.29 is 0 Å². The van der Waals surface area contributed by atoms with E-state index in [0.29, 0.717) is 6.04 Å². The molecule has 1 atom stereocenters. The molecule has 0 N–H and O–H groups in total. The molecule has 1 aromatic carbocycles. The summed E-state index contributed by atoms with van der Waals surface area (Å²) in [6.45, 7) is 11.5. The van der Waals surface area contributed by atoms with Crippen molar-refractivity contribution in [1.82, 2.24) is 4.98 Å². The monoisotopic (exact) mass is 416 g/mol. The highest BCUT2D eigenvalue weighted by Crippen LogP contribution is 2.46. The van der Waals surface area contributed by atoms with Crippen molar-refractivity contribution in [2.45, 2.75) is 92.0 Å². The molecule has 2 aromatic rings. The first-order valence-corrected chi connectivity index (χ1v) is 12.4. The Hall–Kier alpha value is -2.35. The number of anilines is 1. The van der Waals surface area contributed by atoms with E-state index in [0.717, 1.165) is 25.1 Å². The summed E-state index contributed by atoms with van der Waals surface area (Å²) in [5, 5.41) is 0. The Morgan fingerprint density at radius 2 is 1.45 bits per heavy atom. The van der Waals surface area contributed by atoms with Crippen molar-refractivity contribution in [3.8, 4) is 0 Å². The summed E-state index contributed by atoms with van der Waals surface area (Å²) in [7, 11) is 0. The summed E-state index contributed by atoms with van der Waals surface area (Å²) < 4.78 is 0. The molecule has 1 aliphatic heterocycles. The van der Waals surface area contributed by atoms with Gasteiger partial charge in [-0.25, -0.2) is 4.98 Å². The number of nitrogens with zero attached hydrogens (tertiary/aromatic N) is 2. The lowest BCUT2D eigenvalue weighted by Crippen LogP contribution is -2.41. The molecular weight excluding hydrogens is 376 g/mol. The van der Waals surface area contributed by atoms with Crippen molar-refractivity contribution in [3.63, 3.8) is 0 Å². The van der Waals surface area contributed by atoms with Crippen LogP contribution in [0.2, 0.25) is 0 Å². The molecule has 0 bridgehead atoms. The number of hydrogen-bond donors (Lipinski definition) is 0. The van der Waals surface area contributed by atoms with Crippen LogP contribution in [0.4, 0.5) is 5.82 Å². The lowest BCUT2D eigenvalue weighted by atomic mass is 9.79. The van der Waals surface area contributed by atoms with Crippen LogP contribution < -0.4 is 4.90 Å². The van der Waals surface area contributed by atoms with Crippen LogP contribution in [-0.4, -0.2) is 11.0 Å². The number of aromatic nitrogens is 1. The van der Waals surface area contributed by atoms with E-state index in [-0.39, 0.29) is 0 Å². The lowest BCUT2D eigenvalue weighted by molar-refractivity contribution is 0.601. The van der Waals surface area contributed by atoms with E-state index in [1.54, 1.807) is 16.7 Å². The van der Waals surface area contributed by atoms with E-state index in [9.17, 15) is 0 Å². The molecule has 2 heteroatoms. The zero-order valence-corrected chi connectivity index (χ0v) is 20.2. The Morgan fingerprint density at radius 1 is 0.774 bits per heavy atom. The van der Waals surface area contributed by atoms with E-state index >= 15 is 0 Å². The van der Waals surface area contributed by atoms with Crippen LogP contribution in [-0.2, 0) is 0 Å². The Bertz CT molecular complexity index is 907. The summed E-state index contributed by atoms with van der Waals surface area (Å²) in [6.07, 6.45) is 11.3. The molecule has 166 valence electrons. The Labute approximate surface area is 190 Å². The average Bonchev–Trinajstić information content (AvgIpc) is 2.78. The van der Waals surface area contributed by atoms with E-state index in [1.807, 2.05) is 6.20 Å². The van der Waals surface area contributed by atoms with Crippen LogP contribution in [0.3, 0.4) is 0 Å². The molecule has 31 heavy (non-hydrogen) atoms. The number of pyridine rings is 1. The van der Waals surface area contributed by atoms with Gasteiger partial charge in [-0.1, -0.05) is 89.8 Å². The Balaban J connectivity index is 2.38. The number of allylic oxidation sites excluding steroid dienone is 2. The van der Waals surface area contributed by atoms with Gasteiger partial charge in [-0.15, -0.1) is 0 Å². The van der Waals surface area contributed by atoms with E-state index < -0.39 is 0 Å². The van der Waals surface area contributed by atoms with E-state index in [2.05, 4.69) is 82.0 Å². The molecule has 1 aliphatic rings. The molecule has 0 saturated carbocycles. The third-order valence-electron chi connectivity index (χ3n) is 6.33. The van der Waals surface area contributed by atoms with Crippen LogP contribution in [0.15, 0.2) is 65.4 Å². The molecule has 1 unspecified atom stereocenters. The number of benzene rings is 1. The third kappa shape index (κ3) is 4.95. The first kappa shape index (κ1) is 23.3. The maximum absolute atomic E-state index is 4.94. The van der Waals surface area contributed by atoms with Gasteiger partial charge in [-0.05, 0) is 66.5 Å². The van der Waals surface area contributed by atoms with Gasteiger partial charge >= 0.3 is 0 Å². The molecule has 3 rings (SSSR count). The second kappa shape index (κ2) is 11.3. The van der Waals surface area contributed by atoms with Gasteiger partial charge in [0, 0.05) is 6.20 Å². The minimum atomic E-state index is 0.385. The maximum Gasteiger partial charge on any atom is 0.136 e. The number of aryl methyl sites for hydroxylation is 1. The second-order valence-corrected chi connectivity index (χ2v) is 8.77. The number of rotatable bonds is 10. The van der Waals surface area contributed by atoms with Crippen molar-refractivity contribution in [2.75, 3.05) is 4.90 Å². The highest BCUT2D eigenvalue weighted by Gasteiger charge is 2.35. The van der Waals surface area contributed by atoms with Gasteiger partial charge in [0.2, 0.25) is 0 Å². The maximum atomic E-state index is 4.94. The average molecular weight is 417 g/mol. The van der Waals surface area contributed by atoms with Crippen LogP contribution in [0.25, 0.3) is 5.70 Å². The smallest absolute Gasteiger partial charge is 0.136 e. The van der Waals surface area contributed by atoms with Gasteiger partial charge in [-0.3, -0.25) is 0 Å². The Morgan fingerprint density at radius 3 is 2.06 bits per heavy atom. The largest absolute Gasteiger partial charge is 0.318 e. The van der Waals surface area contributed by atoms with Crippen molar-refractivity contribution in [1.29, 1.82) is 0 Å². The third-order valence-corrected chi connectivity index (χ3v) is 6.33. The summed E-state index contributed by atoms with van der Waals surface area (Å²) in [6, 6.07) is 15.7. The minimum Gasteiger partial charge on any atom is -0.318 e. The van der Waals surface area contributed by atoms with Crippen LogP contribution in [0, 0.1) is 6.92 Å². The van der Waals surface area contributed by atoms with Crippen LogP contribution >= 0.6 is 0 Å². The van der Waals surface area contributed by atoms with Crippen molar-refractivity contribution in [2.24, 2.45) is 0 Å². The topological polar surface area (TPSA) is 16.1 Å². The molecule has 2 heterocycles. The van der Waals surface area contributed by atoms with Gasteiger partial charge in [0.15, 0.2) is 0 Å². The first-order chi connectivity index (χ1) is 15.2. The standard InChI is InChI=1S/C29H40N2/c1-6-14-24-25(15-7-2)27(17-9-4)31(29-22(5)18-13-21-30-29)28(26(24)16-8-3)23-19-11-10-12-20-23/h10-13,18-21,27H,6-9,14-17H2,1-5H3. The Kier molecular flexibility index (Phi) is 8.51. The summed E-state index contributed by atoms with van der Waals surface area (Å²) in [5.41, 5.74) is 8.83. The molecule has 0 amide bonds. The molecule has 1 aromatic heterocycles. The zero-order valence-electron chi connectivity index (χ0n) is 20.2. The molecule has 0 radical (unpaired) electrons. The normalized spacial score (nSPS) is 16.9. The lowest BCUT2D eigenvalue weighted by Gasteiger charge is -2.44. The molecule has 0 fully saturated rings.